The van der Waals surface area contributed by atoms with Gasteiger partial charge in [-0.05, 0) is 59.2 Å². The molecule has 0 atom stereocenters. The number of halogens is 1. The predicted octanol–water partition coefficient (Wildman–Crippen LogP) is 3.28. The molecule has 0 aliphatic carbocycles. The minimum absolute atomic E-state index is 0.297. The van der Waals surface area contributed by atoms with Gasteiger partial charge in [-0.25, -0.2) is 8.42 Å². The lowest BCUT2D eigenvalue weighted by molar-refractivity contribution is 0.600. The number of anilines is 1. The molecule has 0 unspecified atom stereocenters. The summed E-state index contributed by atoms with van der Waals surface area (Å²) in [5.74, 6) is 0. The molecule has 2 rings (SSSR count). The fourth-order valence-corrected chi connectivity index (χ4v) is 3.88. The van der Waals surface area contributed by atoms with Crippen LogP contribution in [0.3, 0.4) is 0 Å². The number of aryl methyl sites for hydroxylation is 1. The van der Waals surface area contributed by atoms with Gasteiger partial charge in [0.25, 0.3) is 10.0 Å². The van der Waals surface area contributed by atoms with Gasteiger partial charge in [-0.3, -0.25) is 4.72 Å². The molecule has 0 saturated carbocycles. The van der Waals surface area contributed by atoms with E-state index in [9.17, 15) is 8.42 Å². The monoisotopic (exact) mass is 368 g/mol. The molecule has 0 bridgehead atoms. The van der Waals surface area contributed by atoms with Crippen LogP contribution in [0.2, 0.25) is 0 Å². The molecular weight excluding hydrogens is 352 g/mol. The fourth-order valence-electron chi connectivity index (χ4n) is 1.99. The first kappa shape index (κ1) is 16.0. The molecule has 0 aliphatic rings. The average Bonchev–Trinajstić information content (AvgIpc) is 2.43. The minimum Gasteiger partial charge on any atom is -0.316 e. The van der Waals surface area contributed by atoms with Gasteiger partial charge in [-0.1, -0.05) is 24.3 Å². The van der Waals surface area contributed by atoms with Gasteiger partial charge in [0.05, 0.1) is 10.6 Å². The van der Waals surface area contributed by atoms with Gasteiger partial charge in [0.2, 0.25) is 0 Å². The highest BCUT2D eigenvalue weighted by atomic mass is 79.9. The number of sulfonamides is 1. The second-order valence-corrected chi connectivity index (χ2v) is 7.22. The number of benzene rings is 2. The van der Waals surface area contributed by atoms with E-state index in [2.05, 4.69) is 26.0 Å². The van der Waals surface area contributed by atoms with Crippen molar-refractivity contribution in [2.75, 3.05) is 11.8 Å². The van der Waals surface area contributed by atoms with Crippen molar-refractivity contribution in [2.45, 2.75) is 18.4 Å². The summed E-state index contributed by atoms with van der Waals surface area (Å²) in [5.41, 5.74) is 2.17. The Bertz CT molecular complexity index is 745. The molecule has 6 heteroatoms. The van der Waals surface area contributed by atoms with Crippen LogP contribution >= 0.6 is 15.9 Å². The van der Waals surface area contributed by atoms with E-state index in [1.54, 1.807) is 31.2 Å². The lowest BCUT2D eigenvalue weighted by Crippen LogP contribution is -2.15. The Kier molecular flexibility index (Phi) is 5.03. The maximum Gasteiger partial charge on any atom is 0.262 e. The third kappa shape index (κ3) is 3.84. The van der Waals surface area contributed by atoms with Crippen molar-refractivity contribution >= 4 is 31.6 Å². The number of rotatable bonds is 5. The Morgan fingerprint density at radius 1 is 1.14 bits per heavy atom. The maximum absolute atomic E-state index is 12.6. The summed E-state index contributed by atoms with van der Waals surface area (Å²) in [6.07, 6.45) is 0. The topological polar surface area (TPSA) is 58.2 Å². The number of nitrogens with one attached hydrogen (secondary N) is 2. The van der Waals surface area contributed by atoms with E-state index in [0.29, 0.717) is 21.6 Å². The highest BCUT2D eigenvalue weighted by Crippen LogP contribution is 2.26. The third-order valence-corrected chi connectivity index (χ3v) is 5.24. The van der Waals surface area contributed by atoms with Crippen LogP contribution in [0.5, 0.6) is 0 Å². The first-order chi connectivity index (χ1) is 9.94. The van der Waals surface area contributed by atoms with E-state index in [1.165, 1.54) is 0 Å². The summed E-state index contributed by atoms with van der Waals surface area (Å²) in [7, 11) is -1.79. The predicted molar refractivity (Wildman–Crippen MR) is 88.9 cm³/mol. The van der Waals surface area contributed by atoms with Crippen LogP contribution in [0.25, 0.3) is 0 Å². The van der Waals surface area contributed by atoms with Crippen molar-refractivity contribution in [2.24, 2.45) is 0 Å². The van der Waals surface area contributed by atoms with Crippen molar-refractivity contribution in [3.8, 4) is 0 Å². The van der Waals surface area contributed by atoms with Crippen molar-refractivity contribution in [1.29, 1.82) is 0 Å². The van der Waals surface area contributed by atoms with Gasteiger partial charge in [-0.15, -0.1) is 0 Å². The average molecular weight is 369 g/mol. The molecule has 0 amide bonds. The first-order valence-corrected chi connectivity index (χ1v) is 8.73. The molecule has 0 fully saturated rings. The Morgan fingerprint density at radius 2 is 1.86 bits per heavy atom. The molecule has 4 nitrogen and oxygen atoms in total. The zero-order chi connectivity index (χ0) is 15.5. The van der Waals surface area contributed by atoms with Gasteiger partial charge in [-0.2, -0.15) is 0 Å². The van der Waals surface area contributed by atoms with Crippen LogP contribution in [0.15, 0.2) is 51.8 Å². The summed E-state index contributed by atoms with van der Waals surface area (Å²) in [6, 6.07) is 12.6. The maximum atomic E-state index is 12.6. The number of hydrogen-bond donors (Lipinski definition) is 2. The van der Waals surface area contributed by atoms with Crippen LogP contribution in [0, 0.1) is 6.92 Å². The van der Waals surface area contributed by atoms with Crippen molar-refractivity contribution in [1.82, 2.24) is 5.32 Å². The highest BCUT2D eigenvalue weighted by molar-refractivity contribution is 9.10. The second kappa shape index (κ2) is 6.60. The zero-order valence-corrected chi connectivity index (χ0v) is 14.3. The smallest absolute Gasteiger partial charge is 0.262 e. The highest BCUT2D eigenvalue weighted by Gasteiger charge is 2.18. The van der Waals surface area contributed by atoms with Crippen molar-refractivity contribution < 1.29 is 8.42 Å². The molecule has 0 aliphatic heterocycles. The van der Waals surface area contributed by atoms with E-state index in [1.807, 2.05) is 25.2 Å². The van der Waals surface area contributed by atoms with E-state index >= 15 is 0 Å². The summed E-state index contributed by atoms with van der Waals surface area (Å²) in [5, 5.41) is 3.02. The van der Waals surface area contributed by atoms with Crippen LogP contribution in [0.1, 0.15) is 11.1 Å². The quantitative estimate of drug-likeness (QED) is 0.851. The molecule has 0 heterocycles. The zero-order valence-electron chi connectivity index (χ0n) is 11.9. The molecule has 0 saturated heterocycles. The Morgan fingerprint density at radius 3 is 2.52 bits per heavy atom. The van der Waals surface area contributed by atoms with Gasteiger partial charge in [0.15, 0.2) is 0 Å². The number of para-hydroxylation sites is 1. The Balaban J connectivity index is 2.40. The molecule has 2 aromatic rings. The number of hydrogen-bond acceptors (Lipinski definition) is 3. The second-order valence-electron chi connectivity index (χ2n) is 4.72. The van der Waals surface area contributed by atoms with E-state index < -0.39 is 10.0 Å². The van der Waals surface area contributed by atoms with Gasteiger partial charge in [0, 0.05) is 11.0 Å². The third-order valence-electron chi connectivity index (χ3n) is 3.04. The molecule has 0 spiro atoms. The molecule has 2 N–H and O–H groups in total. The van der Waals surface area contributed by atoms with E-state index in [0.717, 1.165) is 11.1 Å². The normalized spacial score (nSPS) is 11.4. The van der Waals surface area contributed by atoms with Gasteiger partial charge < -0.3 is 5.32 Å². The molecule has 0 aromatic heterocycles. The minimum atomic E-state index is -3.62. The first-order valence-electron chi connectivity index (χ1n) is 6.45. The molecule has 2 aromatic carbocycles. The van der Waals surface area contributed by atoms with Crippen molar-refractivity contribution in [3.63, 3.8) is 0 Å². The van der Waals surface area contributed by atoms with E-state index in [4.69, 9.17) is 0 Å². The summed E-state index contributed by atoms with van der Waals surface area (Å²) in [6.45, 7) is 2.41. The molecule has 21 heavy (non-hydrogen) atoms. The standard InChI is InChI=1S/C15H17BrN2O2S/c1-11-7-8-12(10-17-2)9-15(11)21(19,20)18-14-6-4-3-5-13(14)16/h3-9,17-18H,10H2,1-2H3. The summed E-state index contributed by atoms with van der Waals surface area (Å²) >= 11 is 3.34. The lowest BCUT2D eigenvalue weighted by atomic mass is 10.1. The molecule has 112 valence electrons. The SMILES string of the molecule is CNCc1ccc(C)c(S(=O)(=O)Nc2ccccc2Br)c1. The van der Waals surface area contributed by atoms with Crippen molar-refractivity contribution in [3.05, 3.63) is 58.1 Å². The molecule has 0 radical (unpaired) electrons. The van der Waals surface area contributed by atoms with Crippen LogP contribution < -0.4 is 10.0 Å². The van der Waals surface area contributed by atoms with E-state index in [-0.39, 0.29) is 0 Å². The fraction of sp³-hybridized carbons (Fsp3) is 0.200. The Hall–Kier alpha value is -1.37. The van der Waals surface area contributed by atoms with Gasteiger partial charge in [0.1, 0.15) is 0 Å². The Labute approximate surface area is 133 Å². The van der Waals surface area contributed by atoms with Gasteiger partial charge >= 0.3 is 0 Å². The molecular formula is C15H17BrN2O2S. The van der Waals surface area contributed by atoms with Crippen LogP contribution in [-0.4, -0.2) is 15.5 Å². The summed E-state index contributed by atoms with van der Waals surface area (Å²) < 4.78 is 28.5. The lowest BCUT2D eigenvalue weighted by Gasteiger charge is -2.13. The summed E-state index contributed by atoms with van der Waals surface area (Å²) in [4.78, 5) is 0.297. The van der Waals surface area contributed by atoms with Crippen LogP contribution in [0.4, 0.5) is 5.69 Å². The largest absolute Gasteiger partial charge is 0.316 e. The van der Waals surface area contributed by atoms with Crippen LogP contribution in [-0.2, 0) is 16.6 Å².